The summed E-state index contributed by atoms with van der Waals surface area (Å²) in [5.41, 5.74) is 2.08. The van der Waals surface area contributed by atoms with Crippen molar-refractivity contribution in [3.63, 3.8) is 0 Å². The molecule has 1 aliphatic heterocycles. The third kappa shape index (κ3) is 5.23. The van der Waals surface area contributed by atoms with Gasteiger partial charge in [0.15, 0.2) is 0 Å². The first-order chi connectivity index (χ1) is 18.0. The Morgan fingerprint density at radius 2 is 1.35 bits per heavy atom. The molecule has 6 nitrogen and oxygen atoms in total. The highest BCUT2D eigenvalue weighted by Gasteiger charge is 2.51. The Hall–Kier alpha value is -4.45. The van der Waals surface area contributed by atoms with E-state index in [4.69, 9.17) is 0 Å². The average molecular weight is 492 g/mol. The number of pyridine rings is 1. The van der Waals surface area contributed by atoms with E-state index in [9.17, 15) is 14.7 Å². The van der Waals surface area contributed by atoms with Gasteiger partial charge in [-0.1, -0.05) is 78.9 Å². The van der Waals surface area contributed by atoms with Crippen LogP contribution in [0.3, 0.4) is 0 Å². The molecule has 1 aromatic heterocycles. The van der Waals surface area contributed by atoms with Gasteiger partial charge in [0.2, 0.25) is 5.91 Å². The SMILES string of the molecule is O=C(c1ccccn1)N1CCN(Cc2ccc(O)cc2)C(=O)C1(Cc1ccccc1)Cc1ccccc1. The van der Waals surface area contributed by atoms with Gasteiger partial charge in [0.1, 0.15) is 17.0 Å². The van der Waals surface area contributed by atoms with Crippen LogP contribution in [0.25, 0.3) is 0 Å². The van der Waals surface area contributed by atoms with Crippen LogP contribution in [0.2, 0.25) is 0 Å². The number of aromatic nitrogens is 1. The van der Waals surface area contributed by atoms with Crippen LogP contribution in [0.1, 0.15) is 27.2 Å². The standard InChI is InChI=1S/C31H29N3O3/c35-27-16-14-26(15-17-27)23-33-19-20-34(29(36)28-13-7-8-18-32-28)31(30(33)37,21-24-9-3-1-4-10-24)22-25-11-5-2-6-12-25/h1-18,35H,19-23H2. The minimum absolute atomic E-state index is 0.0937. The molecule has 1 aliphatic rings. The van der Waals surface area contributed by atoms with E-state index in [1.165, 1.54) is 0 Å². The van der Waals surface area contributed by atoms with E-state index >= 15 is 0 Å². The van der Waals surface area contributed by atoms with Crippen molar-refractivity contribution in [3.8, 4) is 5.75 Å². The summed E-state index contributed by atoms with van der Waals surface area (Å²) in [5, 5.41) is 9.70. The van der Waals surface area contributed by atoms with Gasteiger partial charge in [-0.05, 0) is 41.0 Å². The number of piperazine rings is 1. The van der Waals surface area contributed by atoms with Gasteiger partial charge < -0.3 is 14.9 Å². The summed E-state index contributed by atoms with van der Waals surface area (Å²) in [6, 6.07) is 31.9. The molecule has 1 saturated heterocycles. The molecule has 0 aliphatic carbocycles. The Labute approximate surface area is 216 Å². The van der Waals surface area contributed by atoms with Crippen molar-refractivity contribution in [2.45, 2.75) is 24.9 Å². The topological polar surface area (TPSA) is 73.7 Å². The normalized spacial score (nSPS) is 15.0. The van der Waals surface area contributed by atoms with E-state index < -0.39 is 5.54 Å². The van der Waals surface area contributed by atoms with Crippen LogP contribution < -0.4 is 0 Å². The summed E-state index contributed by atoms with van der Waals surface area (Å²) in [4.78, 5) is 36.3. The minimum atomic E-state index is -1.13. The van der Waals surface area contributed by atoms with Gasteiger partial charge in [-0.3, -0.25) is 14.6 Å². The fourth-order valence-electron chi connectivity index (χ4n) is 5.11. The molecule has 4 aromatic rings. The number of nitrogens with zero attached hydrogens (tertiary/aromatic N) is 3. The number of aromatic hydroxyl groups is 1. The summed E-state index contributed by atoms with van der Waals surface area (Å²) in [7, 11) is 0. The van der Waals surface area contributed by atoms with Crippen LogP contribution in [-0.4, -0.2) is 50.3 Å². The lowest BCUT2D eigenvalue weighted by atomic mass is 9.79. The molecule has 2 amide bonds. The van der Waals surface area contributed by atoms with Gasteiger partial charge >= 0.3 is 0 Å². The maximum absolute atomic E-state index is 14.5. The summed E-state index contributed by atoms with van der Waals surface area (Å²) in [6.07, 6.45) is 2.37. The number of rotatable bonds is 7. The van der Waals surface area contributed by atoms with Crippen LogP contribution in [0.5, 0.6) is 5.75 Å². The number of hydrogen-bond acceptors (Lipinski definition) is 4. The van der Waals surface area contributed by atoms with Crippen molar-refractivity contribution in [2.24, 2.45) is 0 Å². The van der Waals surface area contributed by atoms with Crippen LogP contribution in [0.15, 0.2) is 109 Å². The number of benzene rings is 3. The van der Waals surface area contributed by atoms with Crippen molar-refractivity contribution < 1.29 is 14.7 Å². The third-order valence-electron chi connectivity index (χ3n) is 6.91. The number of carbonyl (C=O) groups is 2. The van der Waals surface area contributed by atoms with E-state index in [2.05, 4.69) is 4.98 Å². The monoisotopic (exact) mass is 491 g/mol. The molecule has 1 N–H and O–H groups in total. The van der Waals surface area contributed by atoms with E-state index in [1.807, 2.05) is 77.7 Å². The zero-order valence-corrected chi connectivity index (χ0v) is 20.5. The molecule has 2 heterocycles. The summed E-state index contributed by atoms with van der Waals surface area (Å²) < 4.78 is 0. The van der Waals surface area contributed by atoms with Gasteiger partial charge in [-0.15, -0.1) is 0 Å². The molecule has 37 heavy (non-hydrogen) atoms. The zero-order valence-electron chi connectivity index (χ0n) is 20.5. The summed E-state index contributed by atoms with van der Waals surface area (Å²) >= 11 is 0. The average Bonchev–Trinajstić information content (AvgIpc) is 2.94. The van der Waals surface area contributed by atoms with Crippen molar-refractivity contribution in [1.29, 1.82) is 0 Å². The van der Waals surface area contributed by atoms with Crippen LogP contribution >= 0.6 is 0 Å². The van der Waals surface area contributed by atoms with Gasteiger partial charge in [0.05, 0.1) is 0 Å². The molecular formula is C31H29N3O3. The second-order valence-electron chi connectivity index (χ2n) is 9.42. The highest BCUT2D eigenvalue weighted by Crippen LogP contribution is 2.33. The highest BCUT2D eigenvalue weighted by atomic mass is 16.3. The Kier molecular flexibility index (Phi) is 6.99. The van der Waals surface area contributed by atoms with Gasteiger partial charge in [0.25, 0.3) is 5.91 Å². The summed E-state index contributed by atoms with van der Waals surface area (Å²) in [6.45, 7) is 1.19. The second kappa shape index (κ2) is 10.7. The summed E-state index contributed by atoms with van der Waals surface area (Å²) in [5.74, 6) is -0.155. The molecule has 5 rings (SSSR count). The first-order valence-electron chi connectivity index (χ1n) is 12.4. The Morgan fingerprint density at radius 1 is 0.757 bits per heavy atom. The van der Waals surface area contributed by atoms with E-state index in [0.717, 1.165) is 16.7 Å². The van der Waals surface area contributed by atoms with E-state index in [1.54, 1.807) is 41.4 Å². The van der Waals surface area contributed by atoms with Gasteiger partial charge in [-0.2, -0.15) is 0 Å². The molecule has 0 radical (unpaired) electrons. The first kappa shape index (κ1) is 24.3. The molecule has 0 atom stereocenters. The predicted molar refractivity (Wildman–Crippen MR) is 142 cm³/mol. The highest BCUT2D eigenvalue weighted by molar-refractivity contribution is 5.99. The van der Waals surface area contributed by atoms with Crippen LogP contribution in [0, 0.1) is 0 Å². The Bertz CT molecular complexity index is 1300. The Balaban J connectivity index is 1.59. The largest absolute Gasteiger partial charge is 0.508 e. The zero-order chi connectivity index (χ0) is 25.7. The lowest BCUT2D eigenvalue weighted by Gasteiger charge is -2.50. The van der Waals surface area contributed by atoms with Crippen molar-refractivity contribution in [3.05, 3.63) is 132 Å². The van der Waals surface area contributed by atoms with Gasteiger partial charge in [-0.25, -0.2) is 0 Å². The van der Waals surface area contributed by atoms with Gasteiger partial charge in [0, 0.05) is 38.7 Å². The quantitative estimate of drug-likeness (QED) is 0.413. The molecule has 0 spiro atoms. The lowest BCUT2D eigenvalue weighted by Crippen LogP contribution is -2.69. The van der Waals surface area contributed by atoms with Crippen molar-refractivity contribution in [2.75, 3.05) is 13.1 Å². The number of phenolic OH excluding ortho intramolecular Hbond substituents is 1. The fourth-order valence-corrected chi connectivity index (χ4v) is 5.11. The maximum Gasteiger partial charge on any atom is 0.273 e. The number of amides is 2. The third-order valence-corrected chi connectivity index (χ3v) is 6.91. The van der Waals surface area contributed by atoms with Crippen LogP contribution in [-0.2, 0) is 24.2 Å². The number of phenols is 1. The second-order valence-corrected chi connectivity index (χ2v) is 9.42. The Morgan fingerprint density at radius 3 is 1.92 bits per heavy atom. The molecule has 3 aromatic carbocycles. The molecule has 0 bridgehead atoms. The molecule has 6 heteroatoms. The number of carbonyl (C=O) groups excluding carboxylic acids is 2. The predicted octanol–water partition coefficient (Wildman–Crippen LogP) is 4.50. The fraction of sp³-hybridized carbons (Fsp3) is 0.194. The molecule has 186 valence electrons. The maximum atomic E-state index is 14.5. The molecule has 0 saturated carbocycles. The number of hydrogen-bond donors (Lipinski definition) is 1. The molecule has 0 unspecified atom stereocenters. The van der Waals surface area contributed by atoms with Crippen molar-refractivity contribution in [1.82, 2.24) is 14.8 Å². The lowest BCUT2D eigenvalue weighted by molar-refractivity contribution is -0.149. The van der Waals surface area contributed by atoms with E-state index in [-0.39, 0.29) is 17.6 Å². The minimum Gasteiger partial charge on any atom is -0.508 e. The molecular weight excluding hydrogens is 462 g/mol. The molecule has 1 fully saturated rings. The van der Waals surface area contributed by atoms with Crippen LogP contribution in [0.4, 0.5) is 0 Å². The first-order valence-corrected chi connectivity index (χ1v) is 12.4. The smallest absolute Gasteiger partial charge is 0.273 e. The van der Waals surface area contributed by atoms with E-state index in [0.29, 0.717) is 38.2 Å². The van der Waals surface area contributed by atoms with Crippen molar-refractivity contribution >= 4 is 11.8 Å².